The Kier molecular flexibility index (Phi) is 5.42. The van der Waals surface area contributed by atoms with Crippen molar-refractivity contribution in [2.24, 2.45) is 0 Å². The first-order valence-corrected chi connectivity index (χ1v) is 9.91. The lowest BCUT2D eigenvalue weighted by atomic mass is 9.87. The highest BCUT2D eigenvalue weighted by atomic mass is 16.5. The van der Waals surface area contributed by atoms with Gasteiger partial charge in [-0.2, -0.15) is 0 Å². The SMILES string of the molecule is CC(Oc1ccc(C(C)(C)C)cc1)C(=O)NC1CC(C)(C)Oc2ccccc21. The van der Waals surface area contributed by atoms with Gasteiger partial charge in [0.05, 0.1) is 6.04 Å². The highest BCUT2D eigenvalue weighted by molar-refractivity contribution is 5.81. The van der Waals surface area contributed by atoms with Crippen molar-refractivity contribution < 1.29 is 14.3 Å². The molecule has 4 heteroatoms. The van der Waals surface area contributed by atoms with Gasteiger partial charge in [0.1, 0.15) is 17.1 Å². The Hall–Kier alpha value is -2.49. The summed E-state index contributed by atoms with van der Waals surface area (Å²) >= 11 is 0. The summed E-state index contributed by atoms with van der Waals surface area (Å²) in [6, 6.07) is 15.7. The second kappa shape index (κ2) is 7.50. The number of hydrogen-bond donors (Lipinski definition) is 1. The van der Waals surface area contributed by atoms with Gasteiger partial charge in [-0.3, -0.25) is 4.79 Å². The van der Waals surface area contributed by atoms with Crippen molar-refractivity contribution in [1.29, 1.82) is 0 Å². The number of benzene rings is 2. The Morgan fingerprint density at radius 3 is 2.43 bits per heavy atom. The number of para-hydroxylation sites is 1. The van der Waals surface area contributed by atoms with Gasteiger partial charge >= 0.3 is 0 Å². The summed E-state index contributed by atoms with van der Waals surface area (Å²) in [6.07, 6.45) is 0.126. The smallest absolute Gasteiger partial charge is 0.261 e. The summed E-state index contributed by atoms with van der Waals surface area (Å²) in [5.41, 5.74) is 2.00. The molecule has 1 amide bonds. The molecule has 1 aliphatic rings. The normalized spacial score (nSPS) is 19.1. The molecule has 28 heavy (non-hydrogen) atoms. The van der Waals surface area contributed by atoms with Gasteiger partial charge in [0, 0.05) is 12.0 Å². The van der Waals surface area contributed by atoms with Crippen LogP contribution in [-0.4, -0.2) is 17.6 Å². The Morgan fingerprint density at radius 2 is 1.79 bits per heavy atom. The van der Waals surface area contributed by atoms with Crippen LogP contribution in [0.4, 0.5) is 0 Å². The van der Waals surface area contributed by atoms with Gasteiger partial charge in [0.2, 0.25) is 0 Å². The summed E-state index contributed by atoms with van der Waals surface area (Å²) in [5, 5.41) is 3.14. The quantitative estimate of drug-likeness (QED) is 0.795. The van der Waals surface area contributed by atoms with Crippen LogP contribution < -0.4 is 14.8 Å². The number of rotatable bonds is 4. The maximum atomic E-state index is 12.8. The third-order valence-corrected chi connectivity index (χ3v) is 5.10. The van der Waals surface area contributed by atoms with E-state index in [-0.39, 0.29) is 23.0 Å². The molecule has 2 aromatic rings. The molecule has 2 unspecified atom stereocenters. The summed E-state index contributed by atoms with van der Waals surface area (Å²) in [5.74, 6) is 1.40. The number of ether oxygens (including phenoxy) is 2. The molecule has 0 radical (unpaired) electrons. The molecule has 0 saturated heterocycles. The molecule has 3 rings (SSSR count). The molecule has 0 saturated carbocycles. The highest BCUT2D eigenvalue weighted by Gasteiger charge is 2.35. The van der Waals surface area contributed by atoms with E-state index in [0.717, 1.165) is 11.3 Å². The molecule has 0 aliphatic carbocycles. The van der Waals surface area contributed by atoms with Crippen LogP contribution in [0.5, 0.6) is 11.5 Å². The average molecular weight is 382 g/mol. The van der Waals surface area contributed by atoms with Gasteiger partial charge in [-0.25, -0.2) is 0 Å². The predicted octanol–water partition coefficient (Wildman–Crippen LogP) is 5.17. The van der Waals surface area contributed by atoms with Crippen LogP contribution in [0.1, 0.15) is 65.1 Å². The molecule has 1 aliphatic heterocycles. The van der Waals surface area contributed by atoms with Crippen LogP contribution in [0.25, 0.3) is 0 Å². The van der Waals surface area contributed by atoms with E-state index in [1.165, 1.54) is 5.56 Å². The van der Waals surface area contributed by atoms with Crippen molar-refractivity contribution >= 4 is 5.91 Å². The highest BCUT2D eigenvalue weighted by Crippen LogP contribution is 2.39. The van der Waals surface area contributed by atoms with Crippen LogP contribution in [0.15, 0.2) is 48.5 Å². The van der Waals surface area contributed by atoms with Crippen LogP contribution in [-0.2, 0) is 10.2 Å². The minimum Gasteiger partial charge on any atom is -0.487 e. The maximum Gasteiger partial charge on any atom is 0.261 e. The van der Waals surface area contributed by atoms with Crippen LogP contribution in [0.2, 0.25) is 0 Å². The molecule has 150 valence electrons. The minimum atomic E-state index is -0.585. The number of hydrogen-bond acceptors (Lipinski definition) is 3. The van der Waals surface area contributed by atoms with Crippen molar-refractivity contribution in [2.75, 3.05) is 0 Å². The number of carbonyl (C=O) groups is 1. The lowest BCUT2D eigenvalue weighted by Gasteiger charge is -2.38. The van der Waals surface area contributed by atoms with E-state index < -0.39 is 6.10 Å². The third kappa shape index (κ3) is 4.67. The lowest BCUT2D eigenvalue weighted by molar-refractivity contribution is -0.128. The molecule has 0 fully saturated rings. The fourth-order valence-corrected chi connectivity index (χ4v) is 3.51. The van der Waals surface area contributed by atoms with E-state index in [9.17, 15) is 4.79 Å². The zero-order valence-electron chi connectivity index (χ0n) is 17.7. The summed E-state index contributed by atoms with van der Waals surface area (Å²) in [7, 11) is 0. The Morgan fingerprint density at radius 1 is 1.14 bits per heavy atom. The fraction of sp³-hybridized carbons (Fsp3) is 0.458. The fourth-order valence-electron chi connectivity index (χ4n) is 3.51. The van der Waals surface area contributed by atoms with Gasteiger partial charge in [0.25, 0.3) is 5.91 Å². The van der Waals surface area contributed by atoms with E-state index in [4.69, 9.17) is 9.47 Å². The molecule has 1 heterocycles. The number of carbonyl (C=O) groups excluding carboxylic acids is 1. The molecule has 2 atom stereocenters. The molecular weight excluding hydrogens is 350 g/mol. The average Bonchev–Trinajstić information content (AvgIpc) is 2.60. The van der Waals surface area contributed by atoms with Gasteiger partial charge in [-0.1, -0.05) is 51.1 Å². The zero-order valence-corrected chi connectivity index (χ0v) is 17.7. The molecule has 1 N–H and O–H groups in total. The van der Waals surface area contributed by atoms with Crippen molar-refractivity contribution in [3.63, 3.8) is 0 Å². The van der Waals surface area contributed by atoms with E-state index in [0.29, 0.717) is 12.2 Å². The molecule has 0 bridgehead atoms. The van der Waals surface area contributed by atoms with E-state index >= 15 is 0 Å². The van der Waals surface area contributed by atoms with E-state index in [2.05, 4.69) is 38.2 Å². The summed E-state index contributed by atoms with van der Waals surface area (Å²) in [6.45, 7) is 12.4. The predicted molar refractivity (Wildman–Crippen MR) is 112 cm³/mol. The van der Waals surface area contributed by atoms with Crippen LogP contribution in [0.3, 0.4) is 0 Å². The summed E-state index contributed by atoms with van der Waals surface area (Å²) < 4.78 is 11.9. The zero-order chi connectivity index (χ0) is 20.5. The Balaban J connectivity index is 1.67. The first kappa shape index (κ1) is 20.2. The van der Waals surface area contributed by atoms with Crippen molar-refractivity contribution in [1.82, 2.24) is 5.32 Å². The second-order valence-electron chi connectivity index (χ2n) is 9.20. The first-order chi connectivity index (χ1) is 13.0. The first-order valence-electron chi connectivity index (χ1n) is 9.91. The Labute approximate surface area is 168 Å². The number of amides is 1. The van der Waals surface area contributed by atoms with E-state index in [1.807, 2.05) is 50.2 Å². The van der Waals surface area contributed by atoms with E-state index in [1.54, 1.807) is 6.92 Å². The Bertz CT molecular complexity index is 834. The lowest BCUT2D eigenvalue weighted by Crippen LogP contribution is -2.44. The number of fused-ring (bicyclic) bond motifs is 1. The van der Waals surface area contributed by atoms with Crippen LogP contribution in [0, 0.1) is 0 Å². The maximum absolute atomic E-state index is 12.8. The largest absolute Gasteiger partial charge is 0.487 e. The standard InChI is InChI=1S/C24H31NO3/c1-16(27-18-13-11-17(12-14-18)23(2,3)4)22(26)25-20-15-24(5,6)28-21-10-8-7-9-19(20)21/h7-14,16,20H,15H2,1-6H3,(H,25,26). The third-order valence-electron chi connectivity index (χ3n) is 5.10. The minimum absolute atomic E-state index is 0.0881. The van der Waals surface area contributed by atoms with Crippen molar-refractivity contribution in [3.8, 4) is 11.5 Å². The van der Waals surface area contributed by atoms with Gasteiger partial charge in [0.15, 0.2) is 6.10 Å². The molecule has 0 spiro atoms. The second-order valence-corrected chi connectivity index (χ2v) is 9.20. The van der Waals surface area contributed by atoms with Crippen molar-refractivity contribution in [3.05, 3.63) is 59.7 Å². The molecular formula is C24H31NO3. The van der Waals surface area contributed by atoms with Gasteiger partial charge < -0.3 is 14.8 Å². The molecule has 0 aromatic heterocycles. The number of nitrogens with one attached hydrogen (secondary N) is 1. The van der Waals surface area contributed by atoms with Gasteiger partial charge in [-0.05, 0) is 49.9 Å². The molecule has 4 nitrogen and oxygen atoms in total. The summed E-state index contributed by atoms with van der Waals surface area (Å²) in [4.78, 5) is 12.8. The topological polar surface area (TPSA) is 47.6 Å². The van der Waals surface area contributed by atoms with Crippen molar-refractivity contribution in [2.45, 2.75) is 71.1 Å². The van der Waals surface area contributed by atoms with Gasteiger partial charge in [-0.15, -0.1) is 0 Å². The van der Waals surface area contributed by atoms with Crippen LogP contribution >= 0.6 is 0 Å². The molecule has 2 aromatic carbocycles. The monoisotopic (exact) mass is 381 g/mol.